The Bertz CT molecular complexity index is 626. The van der Waals surface area contributed by atoms with Crippen LogP contribution < -0.4 is 15.5 Å². The Morgan fingerprint density at radius 3 is 2.39 bits per heavy atom. The summed E-state index contributed by atoms with van der Waals surface area (Å²) in [6, 6.07) is 18.0. The van der Waals surface area contributed by atoms with Crippen molar-refractivity contribution < 1.29 is 4.79 Å². The molecule has 2 N–H and O–H groups in total. The second-order valence-electron chi connectivity index (χ2n) is 6.09. The molecule has 0 radical (unpaired) electrons. The van der Waals surface area contributed by atoms with Gasteiger partial charge in [0, 0.05) is 20.1 Å². The molecule has 4 nitrogen and oxygen atoms in total. The molecule has 2 rings (SSSR count). The van der Waals surface area contributed by atoms with Crippen LogP contribution in [0.4, 0.5) is 16.2 Å². The molecule has 4 heteroatoms. The van der Waals surface area contributed by atoms with Crippen LogP contribution in [0.3, 0.4) is 0 Å². The van der Waals surface area contributed by atoms with Gasteiger partial charge in [-0.25, -0.2) is 4.79 Å². The number of nitrogens with one attached hydrogen (secondary N) is 2. The number of anilines is 2. The maximum atomic E-state index is 12.0. The summed E-state index contributed by atoms with van der Waals surface area (Å²) in [5.74, 6) is 0.428. The smallest absolute Gasteiger partial charge is 0.319 e. The van der Waals surface area contributed by atoms with Crippen LogP contribution in [0, 0.1) is 5.92 Å². The van der Waals surface area contributed by atoms with Crippen molar-refractivity contribution in [1.29, 1.82) is 0 Å². The summed E-state index contributed by atoms with van der Waals surface area (Å²) in [7, 11) is 2.03. The van der Waals surface area contributed by atoms with Crippen LogP contribution >= 0.6 is 0 Å². The topological polar surface area (TPSA) is 44.4 Å². The second-order valence-corrected chi connectivity index (χ2v) is 6.09. The number of nitrogens with zero attached hydrogens (tertiary/aromatic N) is 1. The molecular formula is C19H25N3O. The van der Waals surface area contributed by atoms with Crippen molar-refractivity contribution in [2.24, 2.45) is 5.92 Å². The van der Waals surface area contributed by atoms with Gasteiger partial charge in [-0.1, -0.05) is 56.3 Å². The number of amides is 2. The lowest BCUT2D eigenvalue weighted by Gasteiger charge is -2.23. The van der Waals surface area contributed by atoms with E-state index in [1.807, 2.05) is 49.5 Å². The Labute approximate surface area is 138 Å². The molecule has 0 aliphatic rings. The number of hydrogen-bond donors (Lipinski definition) is 2. The van der Waals surface area contributed by atoms with Gasteiger partial charge in [-0.3, -0.25) is 0 Å². The van der Waals surface area contributed by atoms with Crippen LogP contribution in [0.25, 0.3) is 0 Å². The minimum absolute atomic E-state index is 0.167. The fourth-order valence-corrected chi connectivity index (χ4v) is 2.32. The molecule has 0 aliphatic carbocycles. The Hall–Kier alpha value is -2.49. The first-order valence-corrected chi connectivity index (χ1v) is 7.95. The maximum Gasteiger partial charge on any atom is 0.319 e. The number of hydrogen-bond acceptors (Lipinski definition) is 2. The molecule has 0 saturated heterocycles. The van der Waals surface area contributed by atoms with Gasteiger partial charge in [0.2, 0.25) is 0 Å². The molecule has 0 spiro atoms. The van der Waals surface area contributed by atoms with Gasteiger partial charge in [0.05, 0.1) is 11.4 Å². The summed E-state index contributed by atoms with van der Waals surface area (Å²) >= 11 is 0. The SMILES string of the molecule is CC(C)CNC(=O)Nc1ccccc1N(C)Cc1ccccc1. The molecule has 0 fully saturated rings. The van der Waals surface area contributed by atoms with Crippen molar-refractivity contribution in [1.82, 2.24) is 5.32 Å². The zero-order chi connectivity index (χ0) is 16.7. The molecule has 122 valence electrons. The predicted molar refractivity (Wildman–Crippen MR) is 96.9 cm³/mol. The monoisotopic (exact) mass is 311 g/mol. The van der Waals surface area contributed by atoms with Crippen LogP contribution in [0.15, 0.2) is 54.6 Å². The van der Waals surface area contributed by atoms with E-state index < -0.39 is 0 Å². The molecule has 0 saturated carbocycles. The Kier molecular flexibility index (Phi) is 6.03. The van der Waals surface area contributed by atoms with E-state index in [0.717, 1.165) is 17.9 Å². The Morgan fingerprint density at radius 1 is 1.04 bits per heavy atom. The van der Waals surface area contributed by atoms with E-state index in [2.05, 4.69) is 41.5 Å². The highest BCUT2D eigenvalue weighted by Crippen LogP contribution is 2.25. The van der Waals surface area contributed by atoms with E-state index in [1.165, 1.54) is 5.56 Å². The number of urea groups is 1. The van der Waals surface area contributed by atoms with Crippen molar-refractivity contribution >= 4 is 17.4 Å². The largest absolute Gasteiger partial charge is 0.369 e. The van der Waals surface area contributed by atoms with Gasteiger partial charge in [0.25, 0.3) is 0 Å². The molecule has 0 unspecified atom stereocenters. The Balaban J connectivity index is 2.06. The summed E-state index contributed by atoms with van der Waals surface area (Å²) in [5.41, 5.74) is 3.04. The quantitative estimate of drug-likeness (QED) is 0.843. The minimum Gasteiger partial charge on any atom is -0.369 e. The lowest BCUT2D eigenvalue weighted by atomic mass is 10.2. The first kappa shape index (κ1) is 16.9. The van der Waals surface area contributed by atoms with Crippen LogP contribution in [0.5, 0.6) is 0 Å². The first-order valence-electron chi connectivity index (χ1n) is 7.95. The van der Waals surface area contributed by atoms with Crippen LogP contribution in [-0.2, 0) is 6.54 Å². The molecule has 0 heterocycles. The fourth-order valence-electron chi connectivity index (χ4n) is 2.32. The standard InChI is InChI=1S/C19H25N3O/c1-15(2)13-20-19(23)21-17-11-7-8-12-18(17)22(3)14-16-9-5-4-6-10-16/h4-12,15H,13-14H2,1-3H3,(H2,20,21,23). The summed E-state index contributed by atoms with van der Waals surface area (Å²) in [5, 5.41) is 5.82. The van der Waals surface area contributed by atoms with Crippen LogP contribution in [-0.4, -0.2) is 19.6 Å². The molecule has 0 bridgehead atoms. The van der Waals surface area contributed by atoms with Gasteiger partial charge < -0.3 is 15.5 Å². The summed E-state index contributed by atoms with van der Waals surface area (Å²) < 4.78 is 0. The van der Waals surface area contributed by atoms with Gasteiger partial charge in [-0.2, -0.15) is 0 Å². The van der Waals surface area contributed by atoms with Crippen LogP contribution in [0.2, 0.25) is 0 Å². The molecule has 0 atom stereocenters. The van der Waals surface area contributed by atoms with Crippen molar-refractivity contribution in [2.45, 2.75) is 20.4 Å². The lowest BCUT2D eigenvalue weighted by molar-refractivity contribution is 0.251. The highest BCUT2D eigenvalue weighted by Gasteiger charge is 2.10. The molecular weight excluding hydrogens is 286 g/mol. The molecule has 2 aromatic rings. The van der Waals surface area contributed by atoms with Gasteiger partial charge in [-0.15, -0.1) is 0 Å². The molecule has 0 aromatic heterocycles. The number of para-hydroxylation sites is 2. The van der Waals surface area contributed by atoms with E-state index in [-0.39, 0.29) is 6.03 Å². The lowest BCUT2D eigenvalue weighted by Crippen LogP contribution is -2.32. The second kappa shape index (κ2) is 8.22. The average Bonchev–Trinajstić information content (AvgIpc) is 2.54. The van der Waals surface area contributed by atoms with Crippen molar-refractivity contribution in [3.8, 4) is 0 Å². The van der Waals surface area contributed by atoms with E-state index in [4.69, 9.17) is 0 Å². The number of benzene rings is 2. The third-order valence-corrected chi connectivity index (χ3v) is 3.50. The number of carbonyl (C=O) groups excluding carboxylic acids is 1. The minimum atomic E-state index is -0.167. The maximum absolute atomic E-state index is 12.0. The summed E-state index contributed by atoms with van der Waals surface area (Å²) in [4.78, 5) is 14.1. The molecule has 23 heavy (non-hydrogen) atoms. The molecule has 0 aliphatic heterocycles. The van der Waals surface area contributed by atoms with E-state index in [0.29, 0.717) is 12.5 Å². The molecule has 2 amide bonds. The third-order valence-electron chi connectivity index (χ3n) is 3.50. The van der Waals surface area contributed by atoms with E-state index >= 15 is 0 Å². The fraction of sp³-hybridized carbons (Fsp3) is 0.316. The zero-order valence-corrected chi connectivity index (χ0v) is 14.0. The highest BCUT2D eigenvalue weighted by atomic mass is 16.2. The summed E-state index contributed by atoms with van der Waals surface area (Å²) in [6.07, 6.45) is 0. The average molecular weight is 311 g/mol. The van der Waals surface area contributed by atoms with Gasteiger partial charge in [0.15, 0.2) is 0 Å². The van der Waals surface area contributed by atoms with Crippen molar-refractivity contribution in [3.63, 3.8) is 0 Å². The molecule has 2 aromatic carbocycles. The van der Waals surface area contributed by atoms with Crippen LogP contribution in [0.1, 0.15) is 19.4 Å². The van der Waals surface area contributed by atoms with E-state index in [9.17, 15) is 4.79 Å². The predicted octanol–water partition coefficient (Wildman–Crippen LogP) is 4.10. The first-order chi connectivity index (χ1) is 11.1. The van der Waals surface area contributed by atoms with Crippen molar-refractivity contribution in [2.75, 3.05) is 23.8 Å². The highest BCUT2D eigenvalue weighted by molar-refractivity contribution is 5.93. The van der Waals surface area contributed by atoms with Gasteiger partial charge >= 0.3 is 6.03 Å². The normalized spacial score (nSPS) is 10.4. The van der Waals surface area contributed by atoms with E-state index in [1.54, 1.807) is 0 Å². The van der Waals surface area contributed by atoms with Crippen molar-refractivity contribution in [3.05, 3.63) is 60.2 Å². The summed E-state index contributed by atoms with van der Waals surface area (Å²) in [6.45, 7) is 5.59. The zero-order valence-electron chi connectivity index (χ0n) is 14.0. The number of carbonyl (C=O) groups is 1. The number of rotatable bonds is 6. The van der Waals surface area contributed by atoms with Gasteiger partial charge in [0.1, 0.15) is 0 Å². The third kappa shape index (κ3) is 5.33. The van der Waals surface area contributed by atoms with Gasteiger partial charge in [-0.05, 0) is 23.6 Å². The Morgan fingerprint density at radius 2 is 1.70 bits per heavy atom.